The Morgan fingerprint density at radius 3 is 2.00 bits per heavy atom. The zero-order valence-electron chi connectivity index (χ0n) is 13.4. The molecule has 0 radical (unpaired) electrons. The minimum atomic E-state index is 0.0160. The second-order valence-corrected chi connectivity index (χ2v) is 6.62. The Morgan fingerprint density at radius 1 is 0.737 bits per heavy atom. The third-order valence-corrected chi connectivity index (χ3v) is 5.00. The third kappa shape index (κ3) is 6.79. The summed E-state index contributed by atoms with van der Waals surface area (Å²) in [7, 11) is 0. The van der Waals surface area contributed by atoms with Gasteiger partial charge in [-0.25, -0.2) is 0 Å². The molecule has 0 aliphatic heterocycles. The molecule has 0 aromatic rings. The van der Waals surface area contributed by atoms with E-state index >= 15 is 0 Å². The van der Waals surface area contributed by atoms with Crippen molar-refractivity contribution in [2.24, 2.45) is 11.8 Å². The number of hydrogen-bond acceptors (Lipinski definition) is 1. The van der Waals surface area contributed by atoms with E-state index in [1.165, 1.54) is 77.0 Å². The lowest BCUT2D eigenvalue weighted by Crippen LogP contribution is -2.19. The average Bonchev–Trinajstić information content (AvgIpc) is 2.76. The van der Waals surface area contributed by atoms with Crippen LogP contribution in [0.4, 0.5) is 0 Å². The van der Waals surface area contributed by atoms with Crippen LogP contribution in [-0.4, -0.2) is 11.2 Å². The van der Waals surface area contributed by atoms with Crippen LogP contribution >= 0.6 is 0 Å². The fraction of sp³-hybridized carbons (Fsp3) is 1.00. The number of hydrogen-bond donors (Lipinski definition) is 1. The van der Waals surface area contributed by atoms with Crippen LogP contribution in [0.15, 0.2) is 0 Å². The minimum absolute atomic E-state index is 0.0160. The largest absolute Gasteiger partial charge is 0.393 e. The highest BCUT2D eigenvalue weighted by Crippen LogP contribution is 2.38. The molecule has 114 valence electrons. The monoisotopic (exact) mass is 268 g/mol. The van der Waals surface area contributed by atoms with Gasteiger partial charge in [0.15, 0.2) is 0 Å². The fourth-order valence-corrected chi connectivity index (χ4v) is 3.73. The molecule has 1 aliphatic carbocycles. The predicted molar refractivity (Wildman–Crippen MR) is 84.4 cm³/mol. The molecule has 0 aromatic heterocycles. The molecule has 1 N–H and O–H groups in total. The number of aliphatic hydroxyl groups is 1. The summed E-state index contributed by atoms with van der Waals surface area (Å²) in [5, 5.41) is 10.2. The second kappa shape index (κ2) is 10.7. The maximum Gasteiger partial charge on any atom is 0.0571 e. The summed E-state index contributed by atoms with van der Waals surface area (Å²) in [5.41, 5.74) is 0. The van der Waals surface area contributed by atoms with Crippen molar-refractivity contribution in [3.05, 3.63) is 0 Å². The van der Waals surface area contributed by atoms with E-state index in [9.17, 15) is 5.11 Å². The summed E-state index contributed by atoms with van der Waals surface area (Å²) in [6.07, 6.45) is 17.3. The highest BCUT2D eigenvalue weighted by Gasteiger charge is 2.33. The molecule has 0 heterocycles. The van der Waals surface area contributed by atoms with Gasteiger partial charge in [0.25, 0.3) is 0 Å². The molecular weight excluding hydrogens is 232 g/mol. The fourth-order valence-electron chi connectivity index (χ4n) is 3.73. The Bertz CT molecular complexity index is 202. The van der Waals surface area contributed by atoms with Crippen molar-refractivity contribution >= 4 is 0 Å². The summed E-state index contributed by atoms with van der Waals surface area (Å²) in [6.45, 7) is 4.54. The summed E-state index contributed by atoms with van der Waals surface area (Å²) in [6, 6.07) is 0. The van der Waals surface area contributed by atoms with E-state index in [2.05, 4.69) is 13.8 Å². The van der Waals surface area contributed by atoms with Gasteiger partial charge in [-0.05, 0) is 31.1 Å². The first kappa shape index (κ1) is 17.0. The van der Waals surface area contributed by atoms with Crippen molar-refractivity contribution < 1.29 is 5.11 Å². The standard InChI is InChI=1S/C18H36O/c1-3-5-7-9-10-12-16-14-15-18(19)17(16)13-11-8-6-4-2/h16-19H,3-15H2,1-2H3/t16-,17+,18-/m1/s1. The van der Waals surface area contributed by atoms with Crippen LogP contribution in [0.5, 0.6) is 0 Å². The number of unbranched alkanes of at least 4 members (excludes halogenated alkanes) is 7. The van der Waals surface area contributed by atoms with Crippen LogP contribution < -0.4 is 0 Å². The molecule has 3 atom stereocenters. The van der Waals surface area contributed by atoms with Crippen LogP contribution in [0.1, 0.15) is 97.3 Å². The highest BCUT2D eigenvalue weighted by molar-refractivity contribution is 4.84. The summed E-state index contributed by atoms with van der Waals surface area (Å²) >= 11 is 0. The van der Waals surface area contributed by atoms with E-state index in [-0.39, 0.29) is 6.10 Å². The van der Waals surface area contributed by atoms with Crippen molar-refractivity contribution in [1.82, 2.24) is 0 Å². The van der Waals surface area contributed by atoms with Gasteiger partial charge in [0.05, 0.1) is 6.10 Å². The Kier molecular flexibility index (Phi) is 9.59. The number of rotatable bonds is 11. The maximum absolute atomic E-state index is 10.2. The summed E-state index contributed by atoms with van der Waals surface area (Å²) in [4.78, 5) is 0. The van der Waals surface area contributed by atoms with Gasteiger partial charge in [0.2, 0.25) is 0 Å². The van der Waals surface area contributed by atoms with E-state index in [0.29, 0.717) is 5.92 Å². The van der Waals surface area contributed by atoms with Crippen LogP contribution in [0.2, 0.25) is 0 Å². The van der Waals surface area contributed by atoms with Crippen LogP contribution in [-0.2, 0) is 0 Å². The quantitative estimate of drug-likeness (QED) is 0.476. The van der Waals surface area contributed by atoms with E-state index < -0.39 is 0 Å². The van der Waals surface area contributed by atoms with E-state index in [4.69, 9.17) is 0 Å². The average molecular weight is 268 g/mol. The molecule has 0 spiro atoms. The van der Waals surface area contributed by atoms with E-state index in [0.717, 1.165) is 12.3 Å². The Morgan fingerprint density at radius 2 is 1.32 bits per heavy atom. The van der Waals surface area contributed by atoms with Crippen molar-refractivity contribution in [3.8, 4) is 0 Å². The molecule has 1 saturated carbocycles. The molecule has 1 fully saturated rings. The van der Waals surface area contributed by atoms with Crippen molar-refractivity contribution in [3.63, 3.8) is 0 Å². The molecule has 0 unspecified atom stereocenters. The van der Waals surface area contributed by atoms with Gasteiger partial charge in [-0.1, -0.05) is 78.1 Å². The molecule has 0 saturated heterocycles. The first-order valence-electron chi connectivity index (χ1n) is 8.97. The lowest BCUT2D eigenvalue weighted by atomic mass is 9.86. The third-order valence-electron chi connectivity index (χ3n) is 5.00. The van der Waals surface area contributed by atoms with Gasteiger partial charge in [0.1, 0.15) is 0 Å². The Labute approximate surface area is 121 Å². The molecule has 1 heteroatoms. The number of aliphatic hydroxyl groups excluding tert-OH is 1. The molecule has 19 heavy (non-hydrogen) atoms. The van der Waals surface area contributed by atoms with Gasteiger partial charge < -0.3 is 5.11 Å². The summed E-state index contributed by atoms with van der Waals surface area (Å²) in [5.74, 6) is 1.46. The first-order chi connectivity index (χ1) is 9.29. The van der Waals surface area contributed by atoms with Crippen molar-refractivity contribution in [2.75, 3.05) is 0 Å². The summed E-state index contributed by atoms with van der Waals surface area (Å²) < 4.78 is 0. The SMILES string of the molecule is CCCCCCC[C@@H]1CC[C@@H](O)[C@H]1CCCCCC. The Hall–Kier alpha value is -0.0400. The van der Waals surface area contributed by atoms with E-state index in [1.54, 1.807) is 0 Å². The zero-order valence-corrected chi connectivity index (χ0v) is 13.4. The first-order valence-corrected chi connectivity index (χ1v) is 8.97. The highest BCUT2D eigenvalue weighted by atomic mass is 16.3. The van der Waals surface area contributed by atoms with Gasteiger partial charge in [0, 0.05) is 0 Å². The van der Waals surface area contributed by atoms with Crippen molar-refractivity contribution in [2.45, 2.75) is 103 Å². The van der Waals surface area contributed by atoms with Gasteiger partial charge >= 0.3 is 0 Å². The molecule has 1 aliphatic rings. The minimum Gasteiger partial charge on any atom is -0.393 e. The van der Waals surface area contributed by atoms with E-state index in [1.807, 2.05) is 0 Å². The van der Waals surface area contributed by atoms with Crippen LogP contribution in [0.3, 0.4) is 0 Å². The van der Waals surface area contributed by atoms with Gasteiger partial charge in [-0.15, -0.1) is 0 Å². The molecule has 0 aromatic carbocycles. The normalized spacial score (nSPS) is 27.0. The molecule has 1 nitrogen and oxygen atoms in total. The van der Waals surface area contributed by atoms with Gasteiger partial charge in [-0.3, -0.25) is 0 Å². The van der Waals surface area contributed by atoms with Crippen LogP contribution in [0, 0.1) is 11.8 Å². The van der Waals surface area contributed by atoms with Gasteiger partial charge in [-0.2, -0.15) is 0 Å². The molecular formula is C18H36O. The Balaban J connectivity index is 2.15. The lowest BCUT2D eigenvalue weighted by molar-refractivity contribution is 0.107. The second-order valence-electron chi connectivity index (χ2n) is 6.62. The zero-order chi connectivity index (χ0) is 13.9. The smallest absolute Gasteiger partial charge is 0.0571 e. The molecule has 0 bridgehead atoms. The molecule has 0 amide bonds. The van der Waals surface area contributed by atoms with Crippen molar-refractivity contribution in [1.29, 1.82) is 0 Å². The maximum atomic E-state index is 10.2. The molecule has 1 rings (SSSR count). The van der Waals surface area contributed by atoms with Crippen LogP contribution in [0.25, 0.3) is 0 Å². The topological polar surface area (TPSA) is 20.2 Å². The lowest BCUT2D eigenvalue weighted by Gasteiger charge is -2.22. The predicted octanol–water partition coefficient (Wildman–Crippen LogP) is 5.70.